The molecule has 2 rings (SSSR count). The van der Waals surface area contributed by atoms with Crippen LogP contribution in [0.5, 0.6) is 0 Å². The van der Waals surface area contributed by atoms with Crippen LogP contribution in [-0.4, -0.2) is 6.08 Å². The van der Waals surface area contributed by atoms with Crippen molar-refractivity contribution in [3.05, 3.63) is 28.5 Å². The summed E-state index contributed by atoms with van der Waals surface area (Å²) in [6, 6.07) is 3.48. The molecule has 0 bridgehead atoms. The van der Waals surface area contributed by atoms with E-state index in [4.69, 9.17) is 16.0 Å². The summed E-state index contributed by atoms with van der Waals surface area (Å²) < 4.78 is 5.44. The maximum Gasteiger partial charge on any atom is 0.240 e. The number of benzene rings is 1. The maximum atomic E-state index is 10.2. The van der Waals surface area contributed by atoms with Crippen LogP contribution in [0, 0.1) is 13.8 Å². The van der Waals surface area contributed by atoms with Crippen molar-refractivity contribution in [2.75, 3.05) is 0 Å². The van der Waals surface area contributed by atoms with Crippen molar-refractivity contribution in [2.45, 2.75) is 13.8 Å². The zero-order chi connectivity index (χ0) is 11.0. The maximum absolute atomic E-state index is 10.2. The SMILES string of the molecule is Cc1cc2c(C)c(N=C=O)cc(Cl)c2o1. The van der Waals surface area contributed by atoms with Gasteiger partial charge in [0.05, 0.1) is 10.7 Å². The number of hydrogen-bond donors (Lipinski definition) is 0. The molecule has 0 N–H and O–H groups in total. The average Bonchev–Trinajstić information content (AvgIpc) is 2.57. The van der Waals surface area contributed by atoms with E-state index in [1.807, 2.05) is 19.9 Å². The van der Waals surface area contributed by atoms with Crippen molar-refractivity contribution in [3.8, 4) is 0 Å². The molecule has 0 aliphatic heterocycles. The van der Waals surface area contributed by atoms with E-state index in [0.717, 1.165) is 16.7 Å². The second-order valence-corrected chi connectivity index (χ2v) is 3.71. The number of halogens is 1. The van der Waals surface area contributed by atoms with Crippen LogP contribution in [0.3, 0.4) is 0 Å². The quantitative estimate of drug-likeness (QED) is 0.545. The van der Waals surface area contributed by atoms with Gasteiger partial charge < -0.3 is 4.42 Å². The molecule has 0 saturated heterocycles. The highest BCUT2D eigenvalue weighted by Crippen LogP contribution is 2.35. The molecule has 4 heteroatoms. The Morgan fingerprint density at radius 3 is 2.80 bits per heavy atom. The molecule has 0 aliphatic carbocycles. The monoisotopic (exact) mass is 221 g/mol. The van der Waals surface area contributed by atoms with Gasteiger partial charge in [-0.3, -0.25) is 0 Å². The number of fused-ring (bicyclic) bond motifs is 1. The van der Waals surface area contributed by atoms with Crippen LogP contribution in [0.25, 0.3) is 11.0 Å². The topological polar surface area (TPSA) is 42.6 Å². The zero-order valence-corrected chi connectivity index (χ0v) is 9.05. The van der Waals surface area contributed by atoms with Crippen LogP contribution in [0.15, 0.2) is 21.5 Å². The van der Waals surface area contributed by atoms with Gasteiger partial charge in [0.1, 0.15) is 5.76 Å². The lowest BCUT2D eigenvalue weighted by atomic mass is 10.1. The van der Waals surface area contributed by atoms with E-state index in [1.165, 1.54) is 6.08 Å². The molecule has 0 amide bonds. The van der Waals surface area contributed by atoms with Crippen LogP contribution in [-0.2, 0) is 4.79 Å². The third-order valence-electron chi connectivity index (χ3n) is 2.29. The van der Waals surface area contributed by atoms with Gasteiger partial charge in [-0.1, -0.05) is 11.6 Å². The fourth-order valence-corrected chi connectivity index (χ4v) is 1.81. The molecule has 15 heavy (non-hydrogen) atoms. The summed E-state index contributed by atoms with van der Waals surface area (Å²) in [5, 5.41) is 1.34. The predicted octanol–water partition coefficient (Wildman–Crippen LogP) is 3.67. The molecule has 0 aliphatic rings. The summed E-state index contributed by atoms with van der Waals surface area (Å²) in [5.41, 5.74) is 2.04. The van der Waals surface area contributed by atoms with Gasteiger partial charge in [-0.15, -0.1) is 0 Å². The Bertz CT molecular complexity index is 580. The van der Waals surface area contributed by atoms with E-state index in [9.17, 15) is 4.79 Å². The van der Waals surface area contributed by atoms with Gasteiger partial charge in [0.2, 0.25) is 6.08 Å². The molecule has 76 valence electrons. The fourth-order valence-electron chi connectivity index (χ4n) is 1.57. The largest absolute Gasteiger partial charge is 0.460 e. The summed E-state index contributed by atoms with van der Waals surface area (Å²) in [7, 11) is 0. The molecular formula is C11H8ClNO2. The molecule has 0 atom stereocenters. The molecule has 3 nitrogen and oxygen atoms in total. The third kappa shape index (κ3) is 1.56. The minimum Gasteiger partial charge on any atom is -0.460 e. The highest BCUT2D eigenvalue weighted by molar-refractivity contribution is 6.35. The van der Waals surface area contributed by atoms with E-state index < -0.39 is 0 Å². The van der Waals surface area contributed by atoms with Crippen molar-refractivity contribution in [1.29, 1.82) is 0 Å². The van der Waals surface area contributed by atoms with E-state index in [1.54, 1.807) is 6.07 Å². The summed E-state index contributed by atoms with van der Waals surface area (Å²) >= 11 is 6.00. The van der Waals surface area contributed by atoms with Crippen LogP contribution >= 0.6 is 11.6 Å². The Morgan fingerprint density at radius 2 is 2.13 bits per heavy atom. The van der Waals surface area contributed by atoms with Gasteiger partial charge in [0.15, 0.2) is 5.58 Å². The van der Waals surface area contributed by atoms with Gasteiger partial charge in [0, 0.05) is 5.39 Å². The summed E-state index contributed by atoms with van der Waals surface area (Å²) in [5.74, 6) is 0.780. The molecule has 0 unspecified atom stereocenters. The van der Waals surface area contributed by atoms with Gasteiger partial charge in [0.25, 0.3) is 0 Å². The Labute approximate surface area is 91.4 Å². The second-order valence-electron chi connectivity index (χ2n) is 3.31. The smallest absolute Gasteiger partial charge is 0.240 e. The number of carbonyl (C=O) groups excluding carboxylic acids is 1. The predicted molar refractivity (Wildman–Crippen MR) is 58.5 cm³/mol. The van der Waals surface area contributed by atoms with E-state index in [0.29, 0.717) is 16.3 Å². The minimum atomic E-state index is 0.456. The Morgan fingerprint density at radius 1 is 1.40 bits per heavy atom. The summed E-state index contributed by atoms with van der Waals surface area (Å²) in [6.45, 7) is 3.71. The Hall–Kier alpha value is -1.57. The number of isocyanates is 1. The number of hydrogen-bond acceptors (Lipinski definition) is 3. The van der Waals surface area contributed by atoms with Crippen LogP contribution < -0.4 is 0 Å². The normalized spacial score (nSPS) is 10.3. The highest BCUT2D eigenvalue weighted by Gasteiger charge is 2.11. The molecule has 0 fully saturated rings. The molecule has 1 heterocycles. The van der Waals surface area contributed by atoms with Crippen molar-refractivity contribution in [2.24, 2.45) is 4.99 Å². The molecule has 0 saturated carbocycles. The number of aryl methyl sites for hydroxylation is 2. The van der Waals surface area contributed by atoms with Crippen LogP contribution in [0.4, 0.5) is 5.69 Å². The van der Waals surface area contributed by atoms with E-state index in [2.05, 4.69) is 4.99 Å². The van der Waals surface area contributed by atoms with Gasteiger partial charge >= 0.3 is 0 Å². The Kier molecular flexibility index (Phi) is 2.35. The number of furan rings is 1. The van der Waals surface area contributed by atoms with E-state index >= 15 is 0 Å². The lowest BCUT2D eigenvalue weighted by Crippen LogP contribution is -1.77. The molecular weight excluding hydrogens is 214 g/mol. The zero-order valence-electron chi connectivity index (χ0n) is 8.30. The van der Waals surface area contributed by atoms with Crippen molar-refractivity contribution >= 4 is 34.3 Å². The molecule has 0 spiro atoms. The lowest BCUT2D eigenvalue weighted by Gasteiger charge is -2.00. The second kappa shape index (κ2) is 3.54. The Balaban J connectivity index is 2.89. The fraction of sp³-hybridized carbons (Fsp3) is 0.182. The highest BCUT2D eigenvalue weighted by atomic mass is 35.5. The average molecular weight is 222 g/mol. The first-order chi connectivity index (χ1) is 7.13. The summed E-state index contributed by atoms with van der Waals surface area (Å²) in [4.78, 5) is 13.8. The number of aliphatic imine (C=N–C) groups is 1. The third-order valence-corrected chi connectivity index (χ3v) is 2.57. The first kappa shape index (κ1) is 9.97. The van der Waals surface area contributed by atoms with Gasteiger partial charge in [-0.05, 0) is 31.5 Å². The minimum absolute atomic E-state index is 0.456. The van der Waals surface area contributed by atoms with Crippen molar-refractivity contribution in [1.82, 2.24) is 0 Å². The lowest BCUT2D eigenvalue weighted by molar-refractivity contribution is 0.565. The van der Waals surface area contributed by atoms with Crippen LogP contribution in [0.2, 0.25) is 5.02 Å². The van der Waals surface area contributed by atoms with Crippen LogP contribution in [0.1, 0.15) is 11.3 Å². The first-order valence-electron chi connectivity index (χ1n) is 4.40. The van der Waals surface area contributed by atoms with Crippen molar-refractivity contribution in [3.63, 3.8) is 0 Å². The molecule has 2 aromatic rings. The summed E-state index contributed by atoms with van der Waals surface area (Å²) in [6.07, 6.45) is 1.51. The number of rotatable bonds is 1. The van der Waals surface area contributed by atoms with Gasteiger partial charge in [-0.2, -0.15) is 4.99 Å². The molecule has 1 aromatic heterocycles. The van der Waals surface area contributed by atoms with Crippen molar-refractivity contribution < 1.29 is 9.21 Å². The number of nitrogens with zero attached hydrogens (tertiary/aromatic N) is 1. The van der Waals surface area contributed by atoms with Gasteiger partial charge in [-0.25, -0.2) is 4.79 Å². The standard InChI is InChI=1S/C11H8ClNO2/c1-6-3-8-7(2)10(13-5-14)4-9(12)11(8)15-6/h3-4H,1-2H3. The molecule has 1 aromatic carbocycles. The molecule has 0 radical (unpaired) electrons. The van der Waals surface area contributed by atoms with E-state index in [-0.39, 0.29) is 0 Å². The first-order valence-corrected chi connectivity index (χ1v) is 4.78.